The summed E-state index contributed by atoms with van der Waals surface area (Å²) in [5.41, 5.74) is 4.62. The highest BCUT2D eigenvalue weighted by Crippen LogP contribution is 2.19. The fraction of sp³-hybridized carbons (Fsp3) is 0.308. The monoisotopic (exact) mass is 422 g/mol. The summed E-state index contributed by atoms with van der Waals surface area (Å²) in [7, 11) is 0. The zero-order valence-electron chi connectivity index (χ0n) is 19.0. The SMILES string of the molecule is CC=N/C=C(\C=C\CC)CNC(/C=C\C(=C/C)C(=O)c1cccc(SC)c1)=C(C)C. The van der Waals surface area contributed by atoms with Gasteiger partial charge in [0.2, 0.25) is 0 Å². The molecule has 0 heterocycles. The molecule has 0 bridgehead atoms. The zero-order valence-corrected chi connectivity index (χ0v) is 19.8. The van der Waals surface area contributed by atoms with Crippen LogP contribution in [0, 0.1) is 0 Å². The summed E-state index contributed by atoms with van der Waals surface area (Å²) in [6.07, 6.45) is 16.6. The molecule has 0 saturated carbocycles. The van der Waals surface area contributed by atoms with Crippen molar-refractivity contribution in [3.8, 4) is 0 Å². The van der Waals surface area contributed by atoms with Gasteiger partial charge in [-0.1, -0.05) is 42.9 Å². The number of ketones is 1. The molecule has 160 valence electrons. The molecule has 0 aliphatic carbocycles. The van der Waals surface area contributed by atoms with Gasteiger partial charge in [-0.15, -0.1) is 11.8 Å². The minimum atomic E-state index is 0.0292. The van der Waals surface area contributed by atoms with Gasteiger partial charge in [-0.3, -0.25) is 9.79 Å². The number of aliphatic imine (C=N–C) groups is 1. The van der Waals surface area contributed by atoms with E-state index in [9.17, 15) is 4.79 Å². The standard InChI is InChI=1S/C26H34N2OS/c1-7-10-12-21(18-27-9-3)19-28-25(20(4)5)16-15-22(8-2)26(29)23-13-11-14-24(17-23)30-6/h8-18,28H,7,19H2,1-6H3/b12-10+,16-15-,21-18+,22-8+,27-9?. The Kier molecular flexibility index (Phi) is 12.2. The molecular formula is C26H34N2OS. The summed E-state index contributed by atoms with van der Waals surface area (Å²) in [5.74, 6) is 0.0292. The first-order valence-electron chi connectivity index (χ1n) is 10.2. The maximum Gasteiger partial charge on any atom is 0.192 e. The fourth-order valence-corrected chi connectivity index (χ4v) is 3.05. The highest BCUT2D eigenvalue weighted by Gasteiger charge is 2.10. The Bertz CT molecular complexity index is 882. The number of allylic oxidation sites excluding steroid dienone is 6. The van der Waals surface area contributed by atoms with Gasteiger partial charge in [-0.25, -0.2) is 0 Å². The maximum atomic E-state index is 12.9. The van der Waals surface area contributed by atoms with Crippen molar-refractivity contribution in [2.45, 2.75) is 45.9 Å². The summed E-state index contributed by atoms with van der Waals surface area (Å²) in [6, 6.07) is 7.74. The van der Waals surface area contributed by atoms with Crippen LogP contribution in [0.3, 0.4) is 0 Å². The first-order valence-corrected chi connectivity index (χ1v) is 11.5. The van der Waals surface area contributed by atoms with Gasteiger partial charge in [0.15, 0.2) is 5.78 Å². The summed E-state index contributed by atoms with van der Waals surface area (Å²) in [4.78, 5) is 18.3. The molecule has 1 N–H and O–H groups in total. The van der Waals surface area contributed by atoms with Crippen LogP contribution in [0.15, 0.2) is 93.1 Å². The molecule has 0 aliphatic heterocycles. The van der Waals surface area contributed by atoms with Crippen LogP contribution in [0.4, 0.5) is 0 Å². The number of nitrogens with zero attached hydrogens (tertiary/aromatic N) is 1. The third-order valence-electron chi connectivity index (χ3n) is 4.31. The van der Waals surface area contributed by atoms with Crippen molar-refractivity contribution in [2.75, 3.05) is 12.8 Å². The molecule has 0 amide bonds. The molecule has 0 aliphatic rings. The van der Waals surface area contributed by atoms with E-state index >= 15 is 0 Å². The van der Waals surface area contributed by atoms with Crippen molar-refractivity contribution < 1.29 is 4.79 Å². The van der Waals surface area contributed by atoms with Crippen LogP contribution >= 0.6 is 11.8 Å². The van der Waals surface area contributed by atoms with E-state index in [1.807, 2.05) is 68.8 Å². The lowest BCUT2D eigenvalue weighted by molar-refractivity contribution is 0.103. The molecule has 1 aromatic rings. The van der Waals surface area contributed by atoms with Gasteiger partial charge >= 0.3 is 0 Å². The summed E-state index contributed by atoms with van der Waals surface area (Å²) >= 11 is 1.63. The number of carbonyl (C=O) groups is 1. The molecule has 0 aromatic heterocycles. The van der Waals surface area contributed by atoms with E-state index in [1.54, 1.807) is 18.0 Å². The molecule has 1 rings (SSSR count). The minimum Gasteiger partial charge on any atom is -0.381 e. The second kappa shape index (κ2) is 14.4. The number of carbonyl (C=O) groups excluding carboxylic acids is 1. The highest BCUT2D eigenvalue weighted by atomic mass is 32.2. The van der Waals surface area contributed by atoms with E-state index < -0.39 is 0 Å². The molecule has 0 atom stereocenters. The molecule has 0 radical (unpaired) electrons. The van der Waals surface area contributed by atoms with Gasteiger partial charge in [-0.2, -0.15) is 0 Å². The van der Waals surface area contributed by atoms with Crippen LogP contribution in [-0.4, -0.2) is 24.8 Å². The fourth-order valence-electron chi connectivity index (χ4n) is 2.59. The summed E-state index contributed by atoms with van der Waals surface area (Å²) in [5, 5.41) is 3.47. The van der Waals surface area contributed by atoms with Crippen molar-refractivity contribution in [3.05, 3.63) is 88.8 Å². The number of benzene rings is 1. The molecule has 0 unspecified atom stereocenters. The van der Waals surface area contributed by atoms with Crippen molar-refractivity contribution in [1.29, 1.82) is 0 Å². The lowest BCUT2D eigenvalue weighted by Crippen LogP contribution is -2.16. The van der Waals surface area contributed by atoms with E-state index in [0.717, 1.165) is 28.2 Å². The first-order chi connectivity index (χ1) is 14.5. The second-order valence-corrected chi connectivity index (χ2v) is 7.71. The van der Waals surface area contributed by atoms with Crippen LogP contribution in [0.25, 0.3) is 0 Å². The Morgan fingerprint density at radius 2 is 1.93 bits per heavy atom. The van der Waals surface area contributed by atoms with E-state index in [1.165, 1.54) is 0 Å². The van der Waals surface area contributed by atoms with Crippen LogP contribution in [0.1, 0.15) is 51.4 Å². The summed E-state index contributed by atoms with van der Waals surface area (Å²) in [6.45, 7) is 10.7. The van der Waals surface area contributed by atoms with Crippen LogP contribution in [-0.2, 0) is 0 Å². The molecule has 0 spiro atoms. The predicted octanol–water partition coefficient (Wildman–Crippen LogP) is 6.92. The normalized spacial score (nSPS) is 12.9. The summed E-state index contributed by atoms with van der Waals surface area (Å²) < 4.78 is 0. The molecular weight excluding hydrogens is 388 g/mol. The highest BCUT2D eigenvalue weighted by molar-refractivity contribution is 7.98. The Labute approximate surface area is 186 Å². The number of thioether (sulfide) groups is 1. The smallest absolute Gasteiger partial charge is 0.192 e. The first kappa shape index (κ1) is 25.4. The molecule has 30 heavy (non-hydrogen) atoms. The molecule has 3 nitrogen and oxygen atoms in total. The Morgan fingerprint density at radius 1 is 1.17 bits per heavy atom. The third kappa shape index (κ3) is 8.83. The van der Waals surface area contributed by atoms with E-state index in [0.29, 0.717) is 17.7 Å². The Morgan fingerprint density at radius 3 is 2.53 bits per heavy atom. The van der Waals surface area contributed by atoms with Crippen LogP contribution in [0.5, 0.6) is 0 Å². The average Bonchev–Trinajstić information content (AvgIpc) is 2.76. The van der Waals surface area contributed by atoms with Crippen molar-refractivity contribution in [2.24, 2.45) is 4.99 Å². The molecule has 0 fully saturated rings. The Hall–Kier alpha value is -2.59. The molecule has 1 aromatic carbocycles. The zero-order chi connectivity index (χ0) is 22.4. The second-order valence-electron chi connectivity index (χ2n) is 6.83. The van der Waals surface area contributed by atoms with Gasteiger partial charge < -0.3 is 5.32 Å². The third-order valence-corrected chi connectivity index (χ3v) is 5.04. The number of Topliss-reactive ketones (excluding diaryl/α,β-unsaturated/α-hetero) is 1. The topological polar surface area (TPSA) is 41.5 Å². The van der Waals surface area contributed by atoms with Crippen molar-refractivity contribution in [3.63, 3.8) is 0 Å². The number of nitrogens with one attached hydrogen (secondary N) is 1. The van der Waals surface area contributed by atoms with E-state index in [2.05, 4.69) is 43.2 Å². The minimum absolute atomic E-state index is 0.0292. The largest absolute Gasteiger partial charge is 0.381 e. The quantitative estimate of drug-likeness (QED) is 0.138. The van der Waals surface area contributed by atoms with Crippen LogP contribution in [0.2, 0.25) is 0 Å². The van der Waals surface area contributed by atoms with E-state index in [-0.39, 0.29) is 5.78 Å². The van der Waals surface area contributed by atoms with Gasteiger partial charge in [0.25, 0.3) is 0 Å². The van der Waals surface area contributed by atoms with Gasteiger partial charge in [0, 0.05) is 40.7 Å². The van der Waals surface area contributed by atoms with E-state index in [4.69, 9.17) is 0 Å². The number of hydrogen-bond acceptors (Lipinski definition) is 4. The Balaban J connectivity index is 2.99. The van der Waals surface area contributed by atoms with Crippen molar-refractivity contribution >= 4 is 23.8 Å². The molecule has 0 saturated heterocycles. The van der Waals surface area contributed by atoms with Gasteiger partial charge in [0.05, 0.1) is 0 Å². The lowest BCUT2D eigenvalue weighted by Gasteiger charge is -2.11. The van der Waals surface area contributed by atoms with Gasteiger partial charge in [0.1, 0.15) is 0 Å². The van der Waals surface area contributed by atoms with Crippen LogP contribution < -0.4 is 5.32 Å². The van der Waals surface area contributed by atoms with Crippen molar-refractivity contribution in [1.82, 2.24) is 5.32 Å². The lowest BCUT2D eigenvalue weighted by atomic mass is 10.0. The number of hydrogen-bond donors (Lipinski definition) is 1. The van der Waals surface area contributed by atoms with Gasteiger partial charge in [-0.05, 0) is 70.2 Å². The number of rotatable bonds is 11. The maximum absolute atomic E-state index is 12.9. The average molecular weight is 423 g/mol. The predicted molar refractivity (Wildman–Crippen MR) is 134 cm³/mol. The molecule has 4 heteroatoms.